The molecule has 0 fully saturated rings. The molecule has 2 nitrogen and oxygen atoms in total. The summed E-state index contributed by atoms with van der Waals surface area (Å²) in [5.74, 6) is 0.452. The van der Waals surface area contributed by atoms with Crippen molar-refractivity contribution in [3.05, 3.63) is 23.8 Å². The third-order valence-electron chi connectivity index (χ3n) is 4.64. The van der Waals surface area contributed by atoms with Gasteiger partial charge in [0, 0.05) is 0 Å². The fraction of sp³-hybridized carbons (Fsp3) is 0.778. The third kappa shape index (κ3) is 7.43. The van der Waals surface area contributed by atoms with Crippen LogP contribution < -0.4 is 0 Å². The van der Waals surface area contributed by atoms with Gasteiger partial charge >= 0.3 is 0 Å². The van der Waals surface area contributed by atoms with Crippen LogP contribution >= 0.6 is 0 Å². The van der Waals surface area contributed by atoms with Crippen LogP contribution in [0, 0.1) is 5.92 Å². The quantitative estimate of drug-likeness (QED) is 0.414. The summed E-state index contributed by atoms with van der Waals surface area (Å²) < 4.78 is 6.63. The van der Waals surface area contributed by atoms with E-state index < -0.39 is 8.32 Å². The van der Waals surface area contributed by atoms with Crippen LogP contribution in [0.5, 0.6) is 0 Å². The minimum absolute atomic E-state index is 0.132. The van der Waals surface area contributed by atoms with Crippen molar-refractivity contribution < 1.29 is 9.53 Å². The second-order valence-corrected chi connectivity index (χ2v) is 10.8. The molecular formula is C18H36O2Si. The van der Waals surface area contributed by atoms with E-state index in [0.29, 0.717) is 12.0 Å². The van der Waals surface area contributed by atoms with Crippen LogP contribution in [0.3, 0.4) is 0 Å². The second kappa shape index (κ2) is 11.2. The predicted octanol–water partition coefficient (Wildman–Crippen LogP) is 5.31. The number of hydrogen-bond acceptors (Lipinski definition) is 2. The Morgan fingerprint density at radius 3 is 2.14 bits per heavy atom. The highest BCUT2D eigenvalue weighted by atomic mass is 28.4. The van der Waals surface area contributed by atoms with E-state index in [4.69, 9.17) is 9.53 Å². The fourth-order valence-electron chi connectivity index (χ4n) is 2.72. The maximum absolute atomic E-state index is 8.86. The van der Waals surface area contributed by atoms with Crippen LogP contribution in [0.25, 0.3) is 0 Å². The monoisotopic (exact) mass is 312 g/mol. The van der Waals surface area contributed by atoms with Gasteiger partial charge in [0.15, 0.2) is 8.32 Å². The van der Waals surface area contributed by atoms with Crippen molar-refractivity contribution in [3.8, 4) is 0 Å². The number of hydrogen-bond donors (Lipinski definition) is 1. The third-order valence-corrected chi connectivity index (χ3v) is 9.31. The lowest BCUT2D eigenvalue weighted by Gasteiger charge is -2.35. The van der Waals surface area contributed by atoms with Crippen molar-refractivity contribution in [2.45, 2.75) is 78.6 Å². The average Bonchev–Trinajstić information content (AvgIpc) is 2.49. The largest absolute Gasteiger partial charge is 0.413 e. The molecular weight excluding hydrogens is 276 g/mol. The van der Waals surface area contributed by atoms with E-state index in [1.165, 1.54) is 23.7 Å². The van der Waals surface area contributed by atoms with E-state index in [2.05, 4.69) is 53.7 Å². The summed E-state index contributed by atoms with van der Waals surface area (Å²) in [6, 6.07) is 3.64. The summed E-state index contributed by atoms with van der Waals surface area (Å²) in [5.41, 5.74) is 1.22. The summed E-state index contributed by atoms with van der Waals surface area (Å²) in [4.78, 5) is 0. The first kappa shape index (κ1) is 20.6. The van der Waals surface area contributed by atoms with Gasteiger partial charge in [-0.25, -0.2) is 0 Å². The lowest BCUT2D eigenvalue weighted by Crippen LogP contribution is -2.41. The van der Waals surface area contributed by atoms with E-state index in [1.807, 2.05) is 6.08 Å². The van der Waals surface area contributed by atoms with E-state index in [9.17, 15) is 0 Å². The van der Waals surface area contributed by atoms with E-state index in [1.54, 1.807) is 0 Å². The zero-order valence-corrected chi connectivity index (χ0v) is 16.0. The molecule has 0 saturated carbocycles. The van der Waals surface area contributed by atoms with Gasteiger partial charge in [0.05, 0.1) is 12.7 Å². The smallest absolute Gasteiger partial charge is 0.192 e. The topological polar surface area (TPSA) is 29.5 Å². The lowest BCUT2D eigenvalue weighted by molar-refractivity contribution is 0.146. The molecule has 124 valence electrons. The van der Waals surface area contributed by atoms with Crippen molar-refractivity contribution >= 4 is 8.32 Å². The van der Waals surface area contributed by atoms with Gasteiger partial charge in [0.1, 0.15) is 0 Å². The molecule has 0 unspecified atom stereocenters. The van der Waals surface area contributed by atoms with Crippen LogP contribution in [-0.4, -0.2) is 26.1 Å². The zero-order chi connectivity index (χ0) is 16.3. The summed E-state index contributed by atoms with van der Waals surface area (Å²) in [5, 5.41) is 8.86. The molecule has 21 heavy (non-hydrogen) atoms. The molecule has 0 aliphatic rings. The Hall–Kier alpha value is -0.383. The maximum Gasteiger partial charge on any atom is 0.192 e. The standard InChI is InChI=1S/C18H36O2Si/c1-7-18(20-21(8-2,9-3)10-4)17(6)13-11-12-16(5)14-15-19/h11,13-14,17-19H,7-10,12,15H2,1-6H3/t17-,18-/m0/s1. The summed E-state index contributed by atoms with van der Waals surface area (Å²) in [7, 11) is -1.52. The van der Waals surface area contributed by atoms with Crippen LogP contribution in [0.1, 0.15) is 54.4 Å². The van der Waals surface area contributed by atoms with Crippen LogP contribution in [0.15, 0.2) is 23.8 Å². The Bertz CT molecular complexity index is 311. The van der Waals surface area contributed by atoms with Crippen molar-refractivity contribution in [2.24, 2.45) is 5.92 Å². The summed E-state index contributed by atoms with van der Waals surface area (Å²) >= 11 is 0. The van der Waals surface area contributed by atoms with Gasteiger partial charge in [0.2, 0.25) is 0 Å². The molecule has 0 radical (unpaired) electrons. The lowest BCUT2D eigenvalue weighted by atomic mass is 10.0. The molecule has 3 heteroatoms. The van der Waals surface area contributed by atoms with E-state index >= 15 is 0 Å². The molecule has 0 aliphatic heterocycles. The fourth-order valence-corrected chi connectivity index (χ4v) is 5.74. The van der Waals surface area contributed by atoms with Crippen molar-refractivity contribution in [1.82, 2.24) is 0 Å². The minimum Gasteiger partial charge on any atom is -0.413 e. The zero-order valence-electron chi connectivity index (χ0n) is 15.0. The first-order valence-corrected chi connectivity index (χ1v) is 11.1. The molecule has 0 rings (SSSR count). The van der Waals surface area contributed by atoms with Crippen LogP contribution in [0.4, 0.5) is 0 Å². The molecule has 0 aliphatic carbocycles. The molecule has 0 amide bonds. The first-order chi connectivity index (χ1) is 9.98. The molecule has 0 aromatic rings. The summed E-state index contributed by atoms with van der Waals surface area (Å²) in [6.45, 7) is 13.5. The molecule has 0 bridgehead atoms. The Morgan fingerprint density at radius 1 is 1.14 bits per heavy atom. The van der Waals surface area contributed by atoms with Crippen molar-refractivity contribution in [2.75, 3.05) is 6.61 Å². The second-order valence-electron chi connectivity index (χ2n) is 6.03. The Balaban J connectivity index is 4.65. The molecule has 0 heterocycles. The molecule has 0 aromatic carbocycles. The van der Waals surface area contributed by atoms with Gasteiger partial charge in [0.25, 0.3) is 0 Å². The van der Waals surface area contributed by atoms with Crippen LogP contribution in [-0.2, 0) is 4.43 Å². The van der Waals surface area contributed by atoms with Gasteiger partial charge < -0.3 is 9.53 Å². The summed E-state index contributed by atoms with van der Waals surface area (Å²) in [6.07, 6.45) is 8.69. The molecule has 1 N–H and O–H groups in total. The number of aliphatic hydroxyl groups excluding tert-OH is 1. The Morgan fingerprint density at radius 2 is 1.71 bits per heavy atom. The SMILES string of the molecule is CC[C@H](O[Si](CC)(CC)CC)[C@@H](C)C=CCC(C)=CCO. The normalized spacial score (nSPS) is 16.4. The number of rotatable bonds is 11. The number of aliphatic hydroxyl groups is 1. The predicted molar refractivity (Wildman–Crippen MR) is 96.1 cm³/mol. The van der Waals surface area contributed by atoms with Gasteiger partial charge in [-0.05, 0) is 43.8 Å². The van der Waals surface area contributed by atoms with Gasteiger partial charge in [-0.3, -0.25) is 0 Å². The average molecular weight is 313 g/mol. The highest BCUT2D eigenvalue weighted by molar-refractivity contribution is 6.73. The highest BCUT2D eigenvalue weighted by Crippen LogP contribution is 2.27. The number of allylic oxidation sites excluding steroid dienone is 2. The van der Waals surface area contributed by atoms with Crippen LogP contribution in [0.2, 0.25) is 18.1 Å². The van der Waals surface area contributed by atoms with Crippen molar-refractivity contribution in [3.63, 3.8) is 0 Å². The molecule has 0 saturated heterocycles. The molecule has 0 spiro atoms. The Labute approximate surface area is 133 Å². The van der Waals surface area contributed by atoms with E-state index in [-0.39, 0.29) is 6.61 Å². The Kier molecular flexibility index (Phi) is 11.0. The highest BCUT2D eigenvalue weighted by Gasteiger charge is 2.32. The molecule has 2 atom stereocenters. The van der Waals surface area contributed by atoms with Gasteiger partial charge in [-0.1, -0.05) is 58.4 Å². The molecule has 0 aromatic heterocycles. The first-order valence-electron chi connectivity index (χ1n) is 8.59. The maximum atomic E-state index is 8.86. The van der Waals surface area contributed by atoms with Gasteiger partial charge in [-0.2, -0.15) is 0 Å². The minimum atomic E-state index is -1.52. The van der Waals surface area contributed by atoms with Gasteiger partial charge in [-0.15, -0.1) is 0 Å². The van der Waals surface area contributed by atoms with E-state index in [0.717, 1.165) is 12.8 Å². The van der Waals surface area contributed by atoms with Crippen molar-refractivity contribution in [1.29, 1.82) is 0 Å².